The molecule has 1 unspecified atom stereocenters. The number of anilines is 1. The van der Waals surface area contributed by atoms with E-state index in [-0.39, 0.29) is 18.2 Å². The van der Waals surface area contributed by atoms with Crippen LogP contribution in [0.2, 0.25) is 5.02 Å². The van der Waals surface area contributed by atoms with Crippen LogP contribution in [0, 0.1) is 3.57 Å². The number of amides is 2. The molecule has 0 bridgehead atoms. The van der Waals surface area contributed by atoms with Crippen molar-refractivity contribution in [3.8, 4) is 0 Å². The van der Waals surface area contributed by atoms with Crippen LogP contribution in [0.15, 0.2) is 53.5 Å². The molecule has 1 aliphatic heterocycles. The second kappa shape index (κ2) is 8.41. The van der Waals surface area contributed by atoms with Gasteiger partial charge in [-0.2, -0.15) is 0 Å². The summed E-state index contributed by atoms with van der Waals surface area (Å²) in [5, 5.41) is 3.40. The van der Waals surface area contributed by atoms with Crippen molar-refractivity contribution in [2.24, 2.45) is 4.99 Å². The smallest absolute Gasteiger partial charge is 0.238 e. The fraction of sp³-hybridized carbons (Fsp3) is 0.167. The number of hydrogen-bond donors (Lipinski definition) is 1. The summed E-state index contributed by atoms with van der Waals surface area (Å²) in [7, 11) is 1.67. The molecular weight excluding hydrogens is 485 g/mol. The number of carbonyl (C=O) groups excluding carboxylic acids is 2. The van der Waals surface area contributed by atoms with Gasteiger partial charge in [0.1, 0.15) is 5.25 Å². The summed E-state index contributed by atoms with van der Waals surface area (Å²) >= 11 is 9.36. The number of nitrogens with one attached hydrogen (secondary N) is 1. The van der Waals surface area contributed by atoms with Gasteiger partial charge in [-0.05, 0) is 71.1 Å². The molecule has 0 aliphatic carbocycles. The van der Waals surface area contributed by atoms with Crippen molar-refractivity contribution in [1.29, 1.82) is 0 Å². The molecule has 134 valence electrons. The average molecular weight is 500 g/mol. The number of amidine groups is 1. The predicted molar refractivity (Wildman–Crippen MR) is 115 cm³/mol. The lowest BCUT2D eigenvalue weighted by molar-refractivity contribution is -0.128. The van der Waals surface area contributed by atoms with E-state index in [1.165, 1.54) is 16.7 Å². The first-order valence-corrected chi connectivity index (χ1v) is 10.1. The summed E-state index contributed by atoms with van der Waals surface area (Å²) in [5.41, 5.74) is 1.38. The van der Waals surface area contributed by atoms with Gasteiger partial charge in [0.25, 0.3) is 0 Å². The van der Waals surface area contributed by atoms with Crippen LogP contribution in [0.4, 0.5) is 11.4 Å². The Hall–Kier alpha value is -1.58. The standard InChI is InChI=1S/C18H15ClIN3O2S/c1-23-16(24)10-15(17(25)21-13-6-2-11(19)3-7-13)26-18(23)22-14-8-4-12(20)5-9-14/h2-9,15H,10H2,1H3,(H,21,25). The lowest BCUT2D eigenvalue weighted by Gasteiger charge is -2.28. The monoisotopic (exact) mass is 499 g/mol. The molecule has 0 spiro atoms. The zero-order valence-corrected chi connectivity index (χ0v) is 17.5. The van der Waals surface area contributed by atoms with Gasteiger partial charge in [-0.25, -0.2) is 4.99 Å². The Bertz CT molecular complexity index is 856. The van der Waals surface area contributed by atoms with Crippen molar-refractivity contribution in [2.45, 2.75) is 11.7 Å². The third-order valence-corrected chi connectivity index (χ3v) is 5.94. The topological polar surface area (TPSA) is 61.8 Å². The van der Waals surface area contributed by atoms with Crippen molar-refractivity contribution >= 4 is 74.3 Å². The zero-order valence-electron chi connectivity index (χ0n) is 13.8. The molecule has 3 rings (SSSR count). The van der Waals surface area contributed by atoms with Crippen LogP contribution >= 0.6 is 46.0 Å². The first kappa shape index (κ1) is 19.2. The third-order valence-electron chi connectivity index (χ3n) is 3.72. The number of halogens is 2. The lowest BCUT2D eigenvalue weighted by atomic mass is 10.2. The zero-order chi connectivity index (χ0) is 18.7. The molecule has 1 fully saturated rings. The maximum Gasteiger partial charge on any atom is 0.238 e. The number of nitrogens with zero attached hydrogens (tertiary/aromatic N) is 2. The average Bonchev–Trinajstić information content (AvgIpc) is 2.62. The largest absolute Gasteiger partial charge is 0.325 e. The van der Waals surface area contributed by atoms with Crippen LogP contribution < -0.4 is 5.32 Å². The van der Waals surface area contributed by atoms with E-state index in [1.54, 1.807) is 31.3 Å². The summed E-state index contributed by atoms with van der Waals surface area (Å²) in [6.07, 6.45) is 0.131. The Kier molecular flexibility index (Phi) is 6.20. The molecule has 2 aromatic carbocycles. The van der Waals surface area contributed by atoms with Crippen LogP contribution in [-0.4, -0.2) is 34.2 Å². The van der Waals surface area contributed by atoms with Gasteiger partial charge in [-0.15, -0.1) is 0 Å². The predicted octanol–water partition coefficient (Wildman–Crippen LogP) is 4.53. The minimum absolute atomic E-state index is 0.131. The summed E-state index contributed by atoms with van der Waals surface area (Å²) < 4.78 is 1.10. The number of carbonyl (C=O) groups is 2. The fourth-order valence-electron chi connectivity index (χ4n) is 2.28. The fourth-order valence-corrected chi connectivity index (χ4v) is 3.83. The van der Waals surface area contributed by atoms with Gasteiger partial charge in [0, 0.05) is 27.7 Å². The van der Waals surface area contributed by atoms with E-state index in [1.807, 2.05) is 24.3 Å². The van der Waals surface area contributed by atoms with Crippen LogP contribution in [0.1, 0.15) is 6.42 Å². The van der Waals surface area contributed by atoms with Gasteiger partial charge in [-0.3, -0.25) is 14.5 Å². The quantitative estimate of drug-likeness (QED) is 0.631. The van der Waals surface area contributed by atoms with Crippen molar-refractivity contribution in [3.05, 3.63) is 57.1 Å². The van der Waals surface area contributed by atoms with Gasteiger partial charge < -0.3 is 5.32 Å². The first-order chi connectivity index (χ1) is 12.4. The highest BCUT2D eigenvalue weighted by Gasteiger charge is 2.34. The summed E-state index contributed by atoms with van der Waals surface area (Å²) in [6.45, 7) is 0. The molecule has 26 heavy (non-hydrogen) atoms. The van der Waals surface area contributed by atoms with E-state index in [2.05, 4.69) is 32.9 Å². The van der Waals surface area contributed by atoms with Crippen molar-refractivity contribution in [3.63, 3.8) is 0 Å². The summed E-state index contributed by atoms with van der Waals surface area (Å²) in [5.74, 6) is -0.363. The Morgan fingerprint density at radius 3 is 2.54 bits per heavy atom. The van der Waals surface area contributed by atoms with Crippen LogP contribution in [-0.2, 0) is 9.59 Å². The van der Waals surface area contributed by atoms with Crippen LogP contribution in [0.3, 0.4) is 0 Å². The molecule has 1 atom stereocenters. The molecule has 2 amide bonds. The molecule has 1 heterocycles. The van der Waals surface area contributed by atoms with Gasteiger partial charge >= 0.3 is 0 Å². The van der Waals surface area contributed by atoms with Crippen LogP contribution in [0.5, 0.6) is 0 Å². The number of thioether (sulfide) groups is 1. The molecule has 0 saturated carbocycles. The SMILES string of the molecule is CN1C(=O)CC(C(=O)Nc2ccc(Cl)cc2)SC1=Nc1ccc(I)cc1. The van der Waals surface area contributed by atoms with Gasteiger partial charge in [0.05, 0.1) is 5.69 Å². The van der Waals surface area contributed by atoms with Gasteiger partial charge in [0.2, 0.25) is 11.8 Å². The highest BCUT2D eigenvalue weighted by atomic mass is 127. The third kappa shape index (κ3) is 4.77. The molecule has 1 N–H and O–H groups in total. The molecule has 0 radical (unpaired) electrons. The Balaban J connectivity index is 1.76. The highest BCUT2D eigenvalue weighted by molar-refractivity contribution is 14.1. The van der Waals surface area contributed by atoms with E-state index in [0.29, 0.717) is 15.9 Å². The molecular formula is C18H15ClIN3O2S. The maximum atomic E-state index is 12.6. The molecule has 5 nitrogen and oxygen atoms in total. The number of rotatable bonds is 3. The number of benzene rings is 2. The number of hydrogen-bond acceptors (Lipinski definition) is 4. The molecule has 0 aromatic heterocycles. The normalized spacial score (nSPS) is 18.9. The minimum atomic E-state index is -0.531. The van der Waals surface area contributed by atoms with Crippen molar-refractivity contribution in [1.82, 2.24) is 4.90 Å². The van der Waals surface area contributed by atoms with Crippen molar-refractivity contribution < 1.29 is 9.59 Å². The van der Waals surface area contributed by atoms with Crippen LogP contribution in [0.25, 0.3) is 0 Å². The summed E-state index contributed by atoms with van der Waals surface area (Å²) in [6, 6.07) is 14.5. The lowest BCUT2D eigenvalue weighted by Crippen LogP contribution is -2.43. The van der Waals surface area contributed by atoms with E-state index >= 15 is 0 Å². The van der Waals surface area contributed by atoms with Gasteiger partial charge in [0.15, 0.2) is 5.17 Å². The molecule has 2 aromatic rings. The first-order valence-electron chi connectivity index (χ1n) is 7.76. The minimum Gasteiger partial charge on any atom is -0.325 e. The molecule has 8 heteroatoms. The maximum absolute atomic E-state index is 12.6. The second-order valence-corrected chi connectivity index (χ2v) is 8.48. The molecule has 1 aliphatic rings. The Morgan fingerprint density at radius 1 is 1.23 bits per heavy atom. The van der Waals surface area contributed by atoms with E-state index in [0.717, 1.165) is 9.26 Å². The van der Waals surface area contributed by atoms with E-state index < -0.39 is 5.25 Å². The van der Waals surface area contributed by atoms with Gasteiger partial charge in [-0.1, -0.05) is 23.4 Å². The Labute approximate surface area is 174 Å². The van der Waals surface area contributed by atoms with E-state index in [9.17, 15) is 9.59 Å². The second-order valence-electron chi connectivity index (χ2n) is 5.63. The Morgan fingerprint density at radius 2 is 1.88 bits per heavy atom. The van der Waals surface area contributed by atoms with E-state index in [4.69, 9.17) is 11.6 Å². The number of aliphatic imine (C=N–C) groups is 1. The highest BCUT2D eigenvalue weighted by Crippen LogP contribution is 2.29. The van der Waals surface area contributed by atoms with Crippen molar-refractivity contribution in [2.75, 3.05) is 12.4 Å². The molecule has 1 saturated heterocycles. The summed E-state index contributed by atoms with van der Waals surface area (Å²) in [4.78, 5) is 30.9.